The van der Waals surface area contributed by atoms with Gasteiger partial charge < -0.3 is 4.57 Å². The van der Waals surface area contributed by atoms with Crippen LogP contribution < -0.4 is 0 Å². The van der Waals surface area contributed by atoms with Gasteiger partial charge in [0.15, 0.2) is 9.84 Å². The predicted octanol–water partition coefficient (Wildman–Crippen LogP) is 3.93. The quantitative estimate of drug-likeness (QED) is 0.832. The van der Waals surface area contributed by atoms with Gasteiger partial charge in [0.2, 0.25) is 0 Å². The first kappa shape index (κ1) is 18.3. The van der Waals surface area contributed by atoms with Gasteiger partial charge in [0.1, 0.15) is 5.82 Å². The fraction of sp³-hybridized carbons (Fsp3) is 0.312. The first-order valence-electron chi connectivity index (χ1n) is 7.20. The SMILES string of the molecule is C/C=C/c1ncc(-c2ccc(C(F)(F)F)cc2S(=O)(=O)CC)n1C. The van der Waals surface area contributed by atoms with Crippen molar-refractivity contribution >= 4 is 15.9 Å². The van der Waals surface area contributed by atoms with Gasteiger partial charge in [-0.05, 0) is 25.1 Å². The van der Waals surface area contributed by atoms with Crippen molar-refractivity contribution < 1.29 is 21.6 Å². The van der Waals surface area contributed by atoms with Gasteiger partial charge in [-0.15, -0.1) is 0 Å². The van der Waals surface area contributed by atoms with Crippen molar-refractivity contribution in [3.63, 3.8) is 0 Å². The molecule has 4 nitrogen and oxygen atoms in total. The van der Waals surface area contributed by atoms with Crippen LogP contribution in [0.1, 0.15) is 25.2 Å². The van der Waals surface area contributed by atoms with Crippen molar-refractivity contribution in [2.45, 2.75) is 24.9 Å². The molecule has 0 saturated heterocycles. The van der Waals surface area contributed by atoms with Gasteiger partial charge in [-0.25, -0.2) is 13.4 Å². The highest BCUT2D eigenvalue weighted by Gasteiger charge is 2.33. The molecule has 1 heterocycles. The summed E-state index contributed by atoms with van der Waals surface area (Å²) in [6.45, 7) is 3.20. The number of sulfone groups is 1. The molecule has 0 fully saturated rings. The lowest BCUT2D eigenvalue weighted by atomic mass is 10.1. The van der Waals surface area contributed by atoms with E-state index in [4.69, 9.17) is 0 Å². The fourth-order valence-corrected chi connectivity index (χ4v) is 3.43. The van der Waals surface area contributed by atoms with Gasteiger partial charge >= 0.3 is 6.18 Å². The second-order valence-corrected chi connectivity index (χ2v) is 7.42. The number of halogens is 3. The van der Waals surface area contributed by atoms with Crippen LogP contribution in [0.4, 0.5) is 13.2 Å². The zero-order valence-corrected chi connectivity index (χ0v) is 14.2. The highest BCUT2D eigenvalue weighted by atomic mass is 32.2. The lowest BCUT2D eigenvalue weighted by Gasteiger charge is -2.14. The molecule has 0 amide bonds. The molecule has 130 valence electrons. The lowest BCUT2D eigenvalue weighted by Crippen LogP contribution is -2.11. The molecule has 0 spiro atoms. The van der Waals surface area contributed by atoms with Gasteiger partial charge in [-0.1, -0.05) is 19.1 Å². The molecule has 0 aliphatic heterocycles. The van der Waals surface area contributed by atoms with E-state index >= 15 is 0 Å². The average molecular weight is 358 g/mol. The minimum Gasteiger partial charge on any atom is -0.328 e. The summed E-state index contributed by atoms with van der Waals surface area (Å²) < 4.78 is 65.1. The Hall–Kier alpha value is -2.09. The molecule has 1 aromatic heterocycles. The zero-order valence-electron chi connectivity index (χ0n) is 13.4. The van der Waals surface area contributed by atoms with Crippen molar-refractivity contribution in [2.24, 2.45) is 7.05 Å². The molecule has 0 saturated carbocycles. The van der Waals surface area contributed by atoms with Crippen LogP contribution in [0.15, 0.2) is 35.4 Å². The van der Waals surface area contributed by atoms with Crippen LogP contribution in [0.25, 0.3) is 17.3 Å². The number of nitrogens with zero attached hydrogens (tertiary/aromatic N) is 2. The van der Waals surface area contributed by atoms with E-state index in [0.29, 0.717) is 17.6 Å². The van der Waals surface area contributed by atoms with E-state index in [0.717, 1.165) is 6.07 Å². The lowest BCUT2D eigenvalue weighted by molar-refractivity contribution is -0.137. The van der Waals surface area contributed by atoms with E-state index in [9.17, 15) is 21.6 Å². The molecule has 0 bridgehead atoms. The van der Waals surface area contributed by atoms with Gasteiger partial charge in [-0.2, -0.15) is 13.2 Å². The molecule has 0 aliphatic carbocycles. The Balaban J connectivity index is 2.75. The molecule has 0 atom stereocenters. The summed E-state index contributed by atoms with van der Waals surface area (Å²) in [6, 6.07) is 2.75. The van der Waals surface area contributed by atoms with E-state index in [-0.39, 0.29) is 16.2 Å². The number of alkyl halides is 3. The minimum absolute atomic E-state index is 0.204. The first-order valence-corrected chi connectivity index (χ1v) is 8.85. The summed E-state index contributed by atoms with van der Waals surface area (Å²) in [5.74, 6) is 0.285. The molecule has 1 aromatic carbocycles. The predicted molar refractivity (Wildman–Crippen MR) is 86.1 cm³/mol. The van der Waals surface area contributed by atoms with Gasteiger partial charge in [-0.3, -0.25) is 0 Å². The van der Waals surface area contributed by atoms with Crippen molar-refractivity contribution in [1.82, 2.24) is 9.55 Å². The summed E-state index contributed by atoms with van der Waals surface area (Å²) in [5, 5.41) is 0. The molecule has 0 N–H and O–H groups in total. The van der Waals surface area contributed by atoms with Crippen LogP contribution in [0.2, 0.25) is 0 Å². The van der Waals surface area contributed by atoms with E-state index in [2.05, 4.69) is 4.98 Å². The van der Waals surface area contributed by atoms with E-state index in [1.54, 1.807) is 30.7 Å². The standard InChI is InChI=1S/C16H17F3N2O2S/c1-4-6-15-20-10-13(21(15)3)12-8-7-11(16(17,18)19)9-14(12)24(22,23)5-2/h4,6-10H,5H2,1-3H3/b6-4+. The van der Waals surface area contributed by atoms with Crippen LogP contribution in [-0.4, -0.2) is 23.7 Å². The van der Waals surface area contributed by atoms with Crippen molar-refractivity contribution in [1.29, 1.82) is 0 Å². The number of hydrogen-bond donors (Lipinski definition) is 0. The Kier molecular flexibility index (Phi) is 4.89. The summed E-state index contributed by atoms with van der Waals surface area (Å²) in [4.78, 5) is 3.82. The molecule has 2 rings (SSSR count). The number of benzene rings is 1. The maximum absolute atomic E-state index is 13.0. The second kappa shape index (κ2) is 6.43. The number of hydrogen-bond acceptors (Lipinski definition) is 3. The van der Waals surface area contributed by atoms with Crippen molar-refractivity contribution in [2.75, 3.05) is 5.75 Å². The third kappa shape index (κ3) is 3.38. The second-order valence-electron chi connectivity index (χ2n) is 5.17. The molecule has 0 aliphatic rings. The van der Waals surface area contributed by atoms with Gasteiger partial charge in [0.25, 0.3) is 0 Å². The zero-order chi connectivity index (χ0) is 18.1. The molecule has 8 heteroatoms. The summed E-state index contributed by atoms with van der Waals surface area (Å²) in [5.41, 5.74) is -0.353. The maximum atomic E-state index is 13.0. The minimum atomic E-state index is -4.61. The van der Waals surface area contributed by atoms with E-state index in [1.807, 2.05) is 0 Å². The third-order valence-corrected chi connectivity index (χ3v) is 5.41. The molecule has 24 heavy (non-hydrogen) atoms. The molecular weight excluding hydrogens is 341 g/mol. The van der Waals surface area contributed by atoms with Crippen molar-refractivity contribution in [3.8, 4) is 11.3 Å². The van der Waals surface area contributed by atoms with Crippen LogP contribution in [0.3, 0.4) is 0 Å². The fourth-order valence-electron chi connectivity index (χ4n) is 2.30. The Bertz CT molecular complexity index is 881. The van der Waals surface area contributed by atoms with Gasteiger partial charge in [0.05, 0.1) is 28.1 Å². The number of imidazole rings is 1. The van der Waals surface area contributed by atoms with Crippen LogP contribution in [0, 0.1) is 0 Å². The van der Waals surface area contributed by atoms with Gasteiger partial charge in [0, 0.05) is 12.6 Å². The normalized spacial score (nSPS) is 12.9. The largest absolute Gasteiger partial charge is 0.416 e. The molecular formula is C16H17F3N2O2S. The van der Waals surface area contributed by atoms with Crippen LogP contribution in [0.5, 0.6) is 0 Å². The average Bonchev–Trinajstić information content (AvgIpc) is 2.87. The molecule has 0 unspecified atom stereocenters. The molecule has 2 aromatic rings. The summed E-state index contributed by atoms with van der Waals surface area (Å²) in [6.07, 6.45) is 0.329. The third-order valence-electron chi connectivity index (χ3n) is 3.64. The smallest absolute Gasteiger partial charge is 0.328 e. The number of allylic oxidation sites excluding steroid dienone is 1. The number of rotatable bonds is 4. The van der Waals surface area contributed by atoms with Crippen LogP contribution in [-0.2, 0) is 23.1 Å². The Morgan fingerprint density at radius 3 is 2.50 bits per heavy atom. The van der Waals surface area contributed by atoms with Crippen LogP contribution >= 0.6 is 0 Å². The summed E-state index contributed by atoms with van der Waals surface area (Å²) >= 11 is 0. The number of aromatic nitrogens is 2. The Morgan fingerprint density at radius 1 is 1.29 bits per heavy atom. The summed E-state index contributed by atoms with van der Waals surface area (Å²) in [7, 11) is -2.16. The highest BCUT2D eigenvalue weighted by Crippen LogP contribution is 2.35. The van der Waals surface area contributed by atoms with Crippen molar-refractivity contribution in [3.05, 3.63) is 41.9 Å². The first-order chi connectivity index (χ1) is 11.1. The van der Waals surface area contributed by atoms with E-state index in [1.165, 1.54) is 19.2 Å². The Morgan fingerprint density at radius 2 is 1.96 bits per heavy atom. The Labute approximate surface area is 138 Å². The van der Waals surface area contributed by atoms with E-state index < -0.39 is 21.6 Å². The topological polar surface area (TPSA) is 52.0 Å². The monoisotopic (exact) mass is 358 g/mol. The highest BCUT2D eigenvalue weighted by molar-refractivity contribution is 7.91. The maximum Gasteiger partial charge on any atom is 0.416 e. The molecule has 0 radical (unpaired) electrons.